The van der Waals surface area contributed by atoms with Crippen LogP contribution < -0.4 is 4.90 Å². The van der Waals surface area contributed by atoms with Crippen molar-refractivity contribution in [3.05, 3.63) is 188 Å². The van der Waals surface area contributed by atoms with E-state index in [1.54, 1.807) is 0 Å². The van der Waals surface area contributed by atoms with E-state index in [9.17, 15) is 0 Å². The third kappa shape index (κ3) is 4.13. The van der Waals surface area contributed by atoms with Gasteiger partial charge in [-0.15, -0.1) is 0 Å². The third-order valence-electron chi connectivity index (χ3n) is 12.6. The van der Waals surface area contributed by atoms with Gasteiger partial charge in [0, 0.05) is 61.2 Å². The molecule has 0 aliphatic heterocycles. The van der Waals surface area contributed by atoms with Crippen molar-refractivity contribution in [2.24, 2.45) is 0 Å². The number of furan rings is 2. The first-order valence-electron chi connectivity index (χ1n) is 20.1. The summed E-state index contributed by atoms with van der Waals surface area (Å²) in [7, 11) is 0. The molecular formula is C54H31N3O2. The molecule has 14 rings (SSSR count). The minimum absolute atomic E-state index is 0.879. The van der Waals surface area contributed by atoms with Crippen LogP contribution in [0.3, 0.4) is 0 Å². The molecule has 0 bridgehead atoms. The maximum atomic E-state index is 6.57. The Labute approximate surface area is 336 Å². The van der Waals surface area contributed by atoms with Crippen molar-refractivity contribution in [3.8, 4) is 11.1 Å². The molecule has 0 N–H and O–H groups in total. The summed E-state index contributed by atoms with van der Waals surface area (Å²) in [5.41, 5.74) is 14.8. The Morgan fingerprint density at radius 2 is 0.949 bits per heavy atom. The summed E-state index contributed by atoms with van der Waals surface area (Å²) >= 11 is 0. The Morgan fingerprint density at radius 1 is 0.373 bits per heavy atom. The van der Waals surface area contributed by atoms with Gasteiger partial charge in [-0.25, -0.2) is 0 Å². The molecule has 5 heterocycles. The van der Waals surface area contributed by atoms with E-state index in [1.165, 1.54) is 38.1 Å². The molecule has 0 aliphatic carbocycles. The zero-order chi connectivity index (χ0) is 38.3. The van der Waals surface area contributed by atoms with Crippen molar-refractivity contribution in [3.63, 3.8) is 0 Å². The normalized spacial score (nSPS) is 12.4. The van der Waals surface area contributed by atoms with Gasteiger partial charge in [-0.05, 0) is 82.6 Å². The number of rotatable bonds is 4. The first kappa shape index (κ1) is 31.1. The van der Waals surface area contributed by atoms with Crippen molar-refractivity contribution < 1.29 is 8.83 Å². The molecule has 0 spiro atoms. The summed E-state index contributed by atoms with van der Waals surface area (Å²) in [4.78, 5) is 2.40. The highest BCUT2D eigenvalue weighted by Crippen LogP contribution is 2.49. The highest BCUT2D eigenvalue weighted by atomic mass is 16.3. The molecular weight excluding hydrogens is 723 g/mol. The summed E-state index contributed by atoms with van der Waals surface area (Å²) in [5, 5.41) is 10.6. The molecule has 0 saturated heterocycles. The molecule has 0 atom stereocenters. The molecule has 0 radical (unpaired) electrons. The van der Waals surface area contributed by atoms with Crippen LogP contribution in [0, 0.1) is 0 Å². The topological polar surface area (TPSA) is 38.3 Å². The van der Waals surface area contributed by atoms with Crippen LogP contribution in [0.15, 0.2) is 197 Å². The zero-order valence-corrected chi connectivity index (χ0v) is 31.6. The molecule has 0 amide bonds. The Bertz CT molecular complexity index is 4010. The van der Waals surface area contributed by atoms with Gasteiger partial charge in [0.2, 0.25) is 0 Å². The molecule has 5 nitrogen and oxygen atoms in total. The lowest BCUT2D eigenvalue weighted by Gasteiger charge is -2.26. The van der Waals surface area contributed by atoms with Gasteiger partial charge in [-0.2, -0.15) is 0 Å². The predicted molar refractivity (Wildman–Crippen MR) is 244 cm³/mol. The van der Waals surface area contributed by atoms with E-state index < -0.39 is 0 Å². The number of benzene rings is 9. The highest BCUT2D eigenvalue weighted by Gasteiger charge is 2.28. The average molecular weight is 754 g/mol. The summed E-state index contributed by atoms with van der Waals surface area (Å²) in [6.45, 7) is 0. The monoisotopic (exact) mass is 753 g/mol. The van der Waals surface area contributed by atoms with Gasteiger partial charge < -0.3 is 13.7 Å². The van der Waals surface area contributed by atoms with Crippen LogP contribution in [0.1, 0.15) is 0 Å². The number of nitrogens with zero attached hydrogens (tertiary/aromatic N) is 3. The van der Waals surface area contributed by atoms with Gasteiger partial charge in [-0.3, -0.25) is 8.80 Å². The number of imidazole rings is 1. The van der Waals surface area contributed by atoms with Gasteiger partial charge in [0.25, 0.3) is 0 Å². The minimum atomic E-state index is 0.879. The molecule has 274 valence electrons. The van der Waals surface area contributed by atoms with E-state index in [-0.39, 0.29) is 0 Å². The fraction of sp³-hybridized carbons (Fsp3) is 0. The Balaban J connectivity index is 1.10. The maximum Gasteiger partial charge on any atom is 0.137 e. The fourth-order valence-corrected chi connectivity index (χ4v) is 10.1. The van der Waals surface area contributed by atoms with Crippen molar-refractivity contribution in [2.45, 2.75) is 0 Å². The van der Waals surface area contributed by atoms with Crippen molar-refractivity contribution in [1.82, 2.24) is 8.80 Å². The number of fused-ring (bicyclic) bond motifs is 16. The smallest absolute Gasteiger partial charge is 0.137 e. The molecule has 5 aromatic heterocycles. The van der Waals surface area contributed by atoms with Crippen LogP contribution >= 0.6 is 0 Å². The van der Waals surface area contributed by atoms with Gasteiger partial charge in [0.05, 0.1) is 27.8 Å². The van der Waals surface area contributed by atoms with Crippen LogP contribution in [0.4, 0.5) is 17.1 Å². The summed E-state index contributed by atoms with van der Waals surface area (Å²) in [6, 6.07) is 67.5. The van der Waals surface area contributed by atoms with Crippen LogP contribution in [0.5, 0.6) is 0 Å². The quantitative estimate of drug-likeness (QED) is 0.180. The average Bonchev–Trinajstić information content (AvgIpc) is 4.08. The second kappa shape index (κ2) is 11.3. The van der Waals surface area contributed by atoms with E-state index in [2.05, 4.69) is 190 Å². The van der Waals surface area contributed by atoms with Gasteiger partial charge in [-0.1, -0.05) is 115 Å². The van der Waals surface area contributed by atoms with Crippen molar-refractivity contribution >= 4 is 116 Å². The number of aromatic nitrogens is 2. The molecule has 0 unspecified atom stereocenters. The number of hydrogen-bond acceptors (Lipinski definition) is 3. The van der Waals surface area contributed by atoms with Gasteiger partial charge in [0.1, 0.15) is 28.0 Å². The molecule has 0 saturated carbocycles. The molecule has 0 aliphatic rings. The second-order valence-electron chi connectivity index (χ2n) is 15.7. The first-order chi connectivity index (χ1) is 29.3. The molecule has 5 heteroatoms. The number of anilines is 3. The fourth-order valence-electron chi connectivity index (χ4n) is 10.1. The van der Waals surface area contributed by atoms with Crippen molar-refractivity contribution in [2.75, 3.05) is 4.90 Å². The van der Waals surface area contributed by atoms with Gasteiger partial charge >= 0.3 is 0 Å². The highest BCUT2D eigenvalue weighted by molar-refractivity contribution is 6.29. The van der Waals surface area contributed by atoms with E-state index >= 15 is 0 Å². The van der Waals surface area contributed by atoms with Crippen LogP contribution in [-0.2, 0) is 0 Å². The predicted octanol–water partition coefficient (Wildman–Crippen LogP) is 15.2. The molecule has 9 aromatic carbocycles. The van der Waals surface area contributed by atoms with Crippen LogP contribution in [0.2, 0.25) is 0 Å². The Hall–Kier alpha value is -8.02. The summed E-state index contributed by atoms with van der Waals surface area (Å²) < 4.78 is 18.0. The Morgan fingerprint density at radius 3 is 1.66 bits per heavy atom. The number of hydrogen-bond donors (Lipinski definition) is 0. The summed E-state index contributed by atoms with van der Waals surface area (Å²) in [6.07, 6.45) is 0. The number of para-hydroxylation sites is 4. The lowest BCUT2D eigenvalue weighted by molar-refractivity contribution is 0.669. The van der Waals surface area contributed by atoms with E-state index in [0.29, 0.717) is 0 Å². The molecule has 0 fully saturated rings. The summed E-state index contributed by atoms with van der Waals surface area (Å²) in [5.74, 6) is 0. The third-order valence-corrected chi connectivity index (χ3v) is 12.6. The largest absolute Gasteiger partial charge is 0.456 e. The lowest BCUT2D eigenvalue weighted by atomic mass is 9.98. The van der Waals surface area contributed by atoms with Crippen LogP contribution in [-0.4, -0.2) is 8.80 Å². The maximum absolute atomic E-state index is 6.57. The Kier molecular flexibility index (Phi) is 5.96. The van der Waals surface area contributed by atoms with E-state index in [1.807, 2.05) is 12.1 Å². The van der Waals surface area contributed by atoms with E-state index in [4.69, 9.17) is 8.83 Å². The zero-order valence-electron chi connectivity index (χ0n) is 31.6. The van der Waals surface area contributed by atoms with Crippen molar-refractivity contribution in [1.29, 1.82) is 0 Å². The van der Waals surface area contributed by atoms with E-state index in [0.717, 1.165) is 88.7 Å². The lowest BCUT2D eigenvalue weighted by Crippen LogP contribution is -2.10. The minimum Gasteiger partial charge on any atom is -0.456 e. The second-order valence-corrected chi connectivity index (χ2v) is 15.7. The molecule has 14 aromatic rings. The van der Waals surface area contributed by atoms with Crippen LogP contribution in [0.25, 0.3) is 110 Å². The standard InChI is InChI=1S/C54H31N3O2/c1-2-14-34(15-3-1)55(35-26-24-33(25-27-35)37-19-10-13-32-12-4-5-16-36(32)37)44-20-11-21-45-53(44)57-47-31-51-41(39-18-7-9-23-49(39)59-51)29-43(47)52-42-28-40-38-17-6-8-22-48(38)58-50(40)30-46(42)56(45)54(52)57/h1-31H. The molecule has 59 heavy (non-hydrogen) atoms. The van der Waals surface area contributed by atoms with Gasteiger partial charge in [0.15, 0.2) is 0 Å². The SMILES string of the molecule is c1ccc(N(c2ccc(-c3cccc4ccccc34)cc2)c2cccc3c2n2c4cc5oc6ccccc6c5cc4c4c5cc6c(cc5n3c42)oc2ccccc26)cc1. The first-order valence-corrected chi connectivity index (χ1v) is 20.1.